The zero-order valence-electron chi connectivity index (χ0n) is 15.6. The van der Waals surface area contributed by atoms with Crippen molar-refractivity contribution in [2.24, 2.45) is 0 Å². The van der Waals surface area contributed by atoms with E-state index >= 15 is 0 Å². The van der Waals surface area contributed by atoms with Gasteiger partial charge < -0.3 is 14.9 Å². The van der Waals surface area contributed by atoms with Gasteiger partial charge >= 0.3 is 17.9 Å². The highest BCUT2D eigenvalue weighted by Gasteiger charge is 2.26. The first kappa shape index (κ1) is 20.7. The summed E-state index contributed by atoms with van der Waals surface area (Å²) in [5, 5.41) is 19.1. The predicted octanol–water partition coefficient (Wildman–Crippen LogP) is 3.07. The molecule has 1 aromatic carbocycles. The van der Waals surface area contributed by atoms with Crippen LogP contribution in [0.4, 0.5) is 0 Å². The van der Waals surface area contributed by atoms with Crippen LogP contribution in [0.5, 0.6) is 5.75 Å². The molecule has 0 aromatic heterocycles. The Balaban J connectivity index is 3.10. The van der Waals surface area contributed by atoms with Crippen molar-refractivity contribution < 1.29 is 29.3 Å². The van der Waals surface area contributed by atoms with Crippen molar-refractivity contribution in [3.63, 3.8) is 0 Å². The molecule has 0 spiro atoms. The van der Waals surface area contributed by atoms with E-state index < -0.39 is 17.9 Å². The third-order valence-electron chi connectivity index (χ3n) is 3.78. The Bertz CT molecular complexity index is 654. The first-order valence-electron chi connectivity index (χ1n) is 8.08. The molecule has 6 nitrogen and oxygen atoms in total. The SMILES string of the molecule is CC(C)(C)c1cc(CCC(=O)OC(=O)C(=O)O)cc(C(C)(C)C)c1O. The van der Waals surface area contributed by atoms with Crippen LogP contribution in [0.2, 0.25) is 0 Å². The lowest BCUT2D eigenvalue weighted by atomic mass is 9.78. The van der Waals surface area contributed by atoms with Gasteiger partial charge in [0.05, 0.1) is 6.42 Å². The standard InChI is InChI=1S/C19H26O6/c1-18(2,3)12-9-11(10-13(15(12)21)19(4,5)6)7-8-14(20)25-17(24)16(22)23/h9-10,21H,7-8H2,1-6H3,(H,22,23). The molecular weight excluding hydrogens is 324 g/mol. The molecule has 0 aliphatic heterocycles. The lowest BCUT2D eigenvalue weighted by Gasteiger charge is -2.28. The van der Waals surface area contributed by atoms with E-state index in [0.717, 1.165) is 16.7 Å². The summed E-state index contributed by atoms with van der Waals surface area (Å²) in [7, 11) is 0. The van der Waals surface area contributed by atoms with Gasteiger partial charge in [0.2, 0.25) is 0 Å². The van der Waals surface area contributed by atoms with Gasteiger partial charge in [-0.25, -0.2) is 9.59 Å². The summed E-state index contributed by atoms with van der Waals surface area (Å²) in [5.41, 5.74) is 1.77. The smallest absolute Gasteiger partial charge is 0.424 e. The number of hydrogen-bond acceptors (Lipinski definition) is 5. The second kappa shape index (κ2) is 7.25. The molecule has 0 saturated heterocycles. The van der Waals surface area contributed by atoms with E-state index in [1.54, 1.807) is 0 Å². The van der Waals surface area contributed by atoms with E-state index in [9.17, 15) is 19.5 Å². The van der Waals surface area contributed by atoms with Gasteiger partial charge in [0.25, 0.3) is 0 Å². The summed E-state index contributed by atoms with van der Waals surface area (Å²) >= 11 is 0. The highest BCUT2D eigenvalue weighted by Crippen LogP contribution is 2.39. The Kier molecular flexibility index (Phi) is 6.00. The maximum absolute atomic E-state index is 11.6. The minimum Gasteiger partial charge on any atom is -0.507 e. The topological polar surface area (TPSA) is 101 Å². The summed E-state index contributed by atoms with van der Waals surface area (Å²) < 4.78 is 4.23. The molecule has 0 radical (unpaired) electrons. The van der Waals surface area contributed by atoms with Gasteiger partial charge in [-0.3, -0.25) is 4.79 Å². The van der Waals surface area contributed by atoms with E-state index in [1.807, 2.05) is 53.7 Å². The summed E-state index contributed by atoms with van der Waals surface area (Å²) in [6, 6.07) is 3.66. The van der Waals surface area contributed by atoms with E-state index in [4.69, 9.17) is 5.11 Å². The molecule has 0 heterocycles. The molecule has 0 bridgehead atoms. The number of ether oxygens (including phenoxy) is 1. The number of carbonyl (C=O) groups is 3. The van der Waals surface area contributed by atoms with Crippen LogP contribution in [-0.4, -0.2) is 28.1 Å². The fourth-order valence-electron chi connectivity index (χ4n) is 2.43. The minimum atomic E-state index is -1.80. The van der Waals surface area contributed by atoms with Crippen LogP contribution in [-0.2, 0) is 36.4 Å². The number of phenolic OH excluding ortho intramolecular Hbond substituents is 1. The van der Waals surface area contributed by atoms with Crippen molar-refractivity contribution in [1.29, 1.82) is 0 Å². The molecule has 0 atom stereocenters. The van der Waals surface area contributed by atoms with Crippen LogP contribution >= 0.6 is 0 Å². The van der Waals surface area contributed by atoms with Crippen LogP contribution < -0.4 is 0 Å². The zero-order valence-corrected chi connectivity index (χ0v) is 15.6. The Morgan fingerprint density at radius 2 is 1.40 bits per heavy atom. The highest BCUT2D eigenvalue weighted by molar-refractivity contribution is 6.30. The predicted molar refractivity (Wildman–Crippen MR) is 92.6 cm³/mol. The number of hydrogen-bond donors (Lipinski definition) is 2. The van der Waals surface area contributed by atoms with Crippen LogP contribution in [0.15, 0.2) is 12.1 Å². The monoisotopic (exact) mass is 350 g/mol. The highest BCUT2D eigenvalue weighted by atomic mass is 16.6. The van der Waals surface area contributed by atoms with Crippen molar-refractivity contribution in [1.82, 2.24) is 0 Å². The Hall–Kier alpha value is -2.37. The number of aryl methyl sites for hydroxylation is 1. The van der Waals surface area contributed by atoms with E-state index in [1.165, 1.54) is 0 Å². The average Bonchev–Trinajstić information content (AvgIpc) is 2.43. The van der Waals surface area contributed by atoms with Gasteiger partial charge in [-0.15, -0.1) is 0 Å². The number of carboxylic acid groups (broad SMARTS) is 1. The van der Waals surface area contributed by atoms with Gasteiger partial charge in [-0.05, 0) is 33.9 Å². The molecule has 0 fully saturated rings. The Morgan fingerprint density at radius 3 is 1.76 bits per heavy atom. The number of carbonyl (C=O) groups excluding carboxylic acids is 2. The number of carboxylic acids is 1. The normalized spacial score (nSPS) is 11.9. The second-order valence-electron chi connectivity index (χ2n) is 8.11. The molecule has 1 aromatic rings. The van der Waals surface area contributed by atoms with Crippen molar-refractivity contribution >= 4 is 17.9 Å². The maximum Gasteiger partial charge on any atom is 0.424 e. The first-order chi connectivity index (χ1) is 11.2. The van der Waals surface area contributed by atoms with Crippen molar-refractivity contribution in [2.75, 3.05) is 0 Å². The Labute approximate surface area is 147 Å². The van der Waals surface area contributed by atoms with Gasteiger partial charge in [0.1, 0.15) is 5.75 Å². The molecule has 0 saturated carbocycles. The number of esters is 2. The summed E-state index contributed by atoms with van der Waals surface area (Å²) in [4.78, 5) is 32.9. The van der Waals surface area contributed by atoms with Crippen molar-refractivity contribution in [2.45, 2.75) is 65.2 Å². The average molecular weight is 350 g/mol. The lowest BCUT2D eigenvalue weighted by Crippen LogP contribution is -2.21. The third-order valence-corrected chi connectivity index (χ3v) is 3.78. The van der Waals surface area contributed by atoms with Gasteiger partial charge in [-0.2, -0.15) is 0 Å². The van der Waals surface area contributed by atoms with Gasteiger partial charge in [-0.1, -0.05) is 53.7 Å². The molecule has 0 amide bonds. The third kappa shape index (κ3) is 5.59. The van der Waals surface area contributed by atoms with Crippen LogP contribution in [0.25, 0.3) is 0 Å². The number of benzene rings is 1. The fraction of sp³-hybridized carbons (Fsp3) is 0.526. The van der Waals surface area contributed by atoms with Gasteiger partial charge in [0.15, 0.2) is 0 Å². The molecule has 1 rings (SSSR count). The van der Waals surface area contributed by atoms with Crippen molar-refractivity contribution in [3.8, 4) is 5.75 Å². The molecule has 138 valence electrons. The van der Waals surface area contributed by atoms with Gasteiger partial charge in [0, 0.05) is 0 Å². The molecule has 0 unspecified atom stereocenters. The molecular formula is C19H26O6. The summed E-state index contributed by atoms with van der Waals surface area (Å²) in [6.45, 7) is 11.9. The summed E-state index contributed by atoms with van der Waals surface area (Å²) in [6.07, 6.45) is 0.148. The maximum atomic E-state index is 11.6. The Morgan fingerprint density at radius 1 is 0.960 bits per heavy atom. The molecule has 0 aliphatic rings. The van der Waals surface area contributed by atoms with Crippen LogP contribution in [0.1, 0.15) is 64.7 Å². The van der Waals surface area contributed by atoms with Crippen LogP contribution in [0.3, 0.4) is 0 Å². The number of rotatable bonds is 3. The lowest BCUT2D eigenvalue weighted by molar-refractivity contribution is -0.170. The van der Waals surface area contributed by atoms with E-state index in [0.29, 0.717) is 0 Å². The molecule has 2 N–H and O–H groups in total. The first-order valence-corrected chi connectivity index (χ1v) is 8.08. The molecule has 6 heteroatoms. The number of phenols is 1. The molecule has 0 aliphatic carbocycles. The largest absolute Gasteiger partial charge is 0.507 e. The van der Waals surface area contributed by atoms with E-state index in [2.05, 4.69) is 4.74 Å². The quantitative estimate of drug-likeness (QED) is 0.493. The van der Waals surface area contributed by atoms with Crippen molar-refractivity contribution in [3.05, 3.63) is 28.8 Å². The fourth-order valence-corrected chi connectivity index (χ4v) is 2.43. The molecule has 25 heavy (non-hydrogen) atoms. The zero-order chi connectivity index (χ0) is 19.6. The second-order valence-corrected chi connectivity index (χ2v) is 8.11. The number of aromatic hydroxyl groups is 1. The number of aliphatic carboxylic acids is 1. The van der Waals surface area contributed by atoms with Crippen LogP contribution in [0, 0.1) is 0 Å². The minimum absolute atomic E-state index is 0.128. The van der Waals surface area contributed by atoms with E-state index in [-0.39, 0.29) is 29.4 Å². The summed E-state index contributed by atoms with van der Waals surface area (Å²) in [5.74, 6) is -4.04.